The number of aromatic amines is 1. The molecule has 4 aromatic rings. The third-order valence-corrected chi connectivity index (χ3v) is 6.81. The molecule has 8 nitrogen and oxygen atoms in total. The summed E-state index contributed by atoms with van der Waals surface area (Å²) >= 11 is 0. The first-order valence-electron chi connectivity index (χ1n) is 11.4. The maximum absolute atomic E-state index is 13.2. The molecule has 0 saturated carbocycles. The van der Waals surface area contributed by atoms with Gasteiger partial charge in [0.25, 0.3) is 5.88 Å². The van der Waals surface area contributed by atoms with Crippen molar-refractivity contribution in [1.29, 1.82) is 0 Å². The predicted molar refractivity (Wildman–Crippen MR) is 137 cm³/mol. The Morgan fingerprint density at radius 1 is 1.09 bits per heavy atom. The van der Waals surface area contributed by atoms with Crippen LogP contribution < -0.4 is 15.2 Å². The second-order valence-electron chi connectivity index (χ2n) is 8.33. The van der Waals surface area contributed by atoms with E-state index in [1.54, 1.807) is 12.1 Å². The fraction of sp³-hybridized carbons (Fsp3) is 0.308. The van der Waals surface area contributed by atoms with Crippen molar-refractivity contribution in [2.75, 3.05) is 25.7 Å². The van der Waals surface area contributed by atoms with Gasteiger partial charge in [-0.2, -0.15) is 0 Å². The first-order valence-corrected chi connectivity index (χ1v) is 13.5. The minimum absolute atomic E-state index is 0.248. The number of aryl methyl sites for hydroxylation is 1. The van der Waals surface area contributed by atoms with Crippen molar-refractivity contribution in [3.05, 3.63) is 76.3 Å². The van der Waals surface area contributed by atoms with Crippen LogP contribution in [0.2, 0.25) is 0 Å². The number of H-pyrrole nitrogens is 1. The fourth-order valence-corrected chi connectivity index (χ4v) is 5.21. The van der Waals surface area contributed by atoms with Crippen LogP contribution in [-0.4, -0.2) is 48.7 Å². The van der Waals surface area contributed by atoms with Crippen molar-refractivity contribution in [2.45, 2.75) is 26.3 Å². The second-order valence-corrected chi connectivity index (χ2v) is 10.5. The van der Waals surface area contributed by atoms with Crippen LogP contribution >= 0.6 is 0 Å². The highest BCUT2D eigenvalue weighted by Crippen LogP contribution is 2.31. The number of imidazole rings is 1. The summed E-state index contributed by atoms with van der Waals surface area (Å²) in [7, 11) is -1.96. The van der Waals surface area contributed by atoms with E-state index in [0.717, 1.165) is 23.8 Å². The number of benzene rings is 2. The van der Waals surface area contributed by atoms with Gasteiger partial charge in [0, 0.05) is 6.26 Å². The van der Waals surface area contributed by atoms with Gasteiger partial charge in [-0.15, -0.1) is 0 Å². The Labute approximate surface area is 204 Å². The van der Waals surface area contributed by atoms with Crippen molar-refractivity contribution < 1.29 is 17.9 Å². The first-order chi connectivity index (χ1) is 16.8. The normalized spacial score (nSPS) is 12.6. The molecule has 1 atom stereocenters. The lowest BCUT2D eigenvalue weighted by molar-refractivity contribution is 0.296. The molecule has 2 aromatic heterocycles. The molecule has 0 aliphatic rings. The van der Waals surface area contributed by atoms with Gasteiger partial charge in [-0.1, -0.05) is 37.3 Å². The molecule has 4 rings (SSSR count). The number of hydrogen-bond acceptors (Lipinski definition) is 6. The molecule has 2 aromatic carbocycles. The number of sulfone groups is 1. The van der Waals surface area contributed by atoms with E-state index in [9.17, 15) is 13.2 Å². The zero-order valence-electron chi connectivity index (χ0n) is 20.2. The smallest absolute Gasteiger partial charge is 0.327 e. The minimum Gasteiger partial charge on any atom is -0.491 e. The summed E-state index contributed by atoms with van der Waals surface area (Å²) in [5.74, 6) is 0.377. The molecule has 35 heavy (non-hydrogen) atoms. The topological polar surface area (TPSA) is 103 Å². The average molecular weight is 496 g/mol. The van der Waals surface area contributed by atoms with Crippen LogP contribution in [0.5, 0.6) is 11.6 Å². The van der Waals surface area contributed by atoms with Crippen molar-refractivity contribution >= 4 is 20.9 Å². The summed E-state index contributed by atoms with van der Waals surface area (Å²) in [5.41, 5.74) is 4.47. The van der Waals surface area contributed by atoms with Crippen LogP contribution in [0.4, 0.5) is 0 Å². The standard InChI is InChI=1S/C26H29N3O5S/c1-5-17-9-7-8-10-19(17)18-11-13-22-21(15-18)28-26(30)29(22)23(16-35(4,31)32)20-12-14-24(33-3)25(27-20)34-6-2/h7-15,23H,5-6,16H2,1-4H3,(H,28,30)/t23-/m1/s1. The van der Waals surface area contributed by atoms with E-state index in [2.05, 4.69) is 29.0 Å². The Hall–Kier alpha value is -3.59. The van der Waals surface area contributed by atoms with Gasteiger partial charge in [-0.3, -0.25) is 4.57 Å². The van der Waals surface area contributed by atoms with Crippen molar-refractivity contribution in [3.8, 4) is 22.8 Å². The van der Waals surface area contributed by atoms with E-state index in [-0.39, 0.29) is 11.6 Å². The number of aromatic nitrogens is 3. The summed E-state index contributed by atoms with van der Waals surface area (Å²) in [6.45, 7) is 4.28. The maximum atomic E-state index is 13.2. The number of nitrogens with one attached hydrogen (secondary N) is 1. The number of rotatable bonds is 9. The molecule has 184 valence electrons. The lowest BCUT2D eigenvalue weighted by Crippen LogP contribution is -2.29. The second kappa shape index (κ2) is 9.95. The molecule has 0 spiro atoms. The number of methoxy groups -OCH3 is 1. The molecule has 0 aliphatic carbocycles. The van der Waals surface area contributed by atoms with E-state index in [0.29, 0.717) is 29.1 Å². The van der Waals surface area contributed by atoms with Crippen molar-refractivity contribution in [2.24, 2.45) is 0 Å². The van der Waals surface area contributed by atoms with Gasteiger partial charge >= 0.3 is 5.69 Å². The number of hydrogen-bond donors (Lipinski definition) is 1. The molecular formula is C26H29N3O5S. The predicted octanol–water partition coefficient (Wildman–Crippen LogP) is 4.00. The molecule has 2 heterocycles. The van der Waals surface area contributed by atoms with Gasteiger partial charge in [0.1, 0.15) is 9.84 Å². The highest BCUT2D eigenvalue weighted by Gasteiger charge is 2.26. The van der Waals surface area contributed by atoms with E-state index in [4.69, 9.17) is 9.47 Å². The Kier molecular flexibility index (Phi) is 6.98. The largest absolute Gasteiger partial charge is 0.491 e. The van der Waals surface area contributed by atoms with Crippen LogP contribution in [0.15, 0.2) is 59.4 Å². The zero-order chi connectivity index (χ0) is 25.2. The van der Waals surface area contributed by atoms with Gasteiger partial charge < -0.3 is 14.5 Å². The third kappa shape index (κ3) is 5.09. The Morgan fingerprint density at radius 2 is 1.86 bits per heavy atom. The van der Waals surface area contributed by atoms with Gasteiger partial charge in [-0.25, -0.2) is 18.2 Å². The number of fused-ring (bicyclic) bond motifs is 1. The van der Waals surface area contributed by atoms with Crippen molar-refractivity contribution in [3.63, 3.8) is 0 Å². The van der Waals surface area contributed by atoms with Gasteiger partial charge in [0.2, 0.25) is 0 Å². The minimum atomic E-state index is -3.47. The SMILES string of the molecule is CCOc1nc([C@@H](CS(C)(=O)=O)n2c(=O)[nH]c3cc(-c4ccccc4CC)ccc32)ccc1OC. The number of ether oxygens (including phenoxy) is 2. The molecule has 0 saturated heterocycles. The average Bonchev–Trinajstić information content (AvgIpc) is 3.16. The third-order valence-electron chi connectivity index (χ3n) is 5.89. The Balaban J connectivity index is 1.88. The van der Waals surface area contributed by atoms with Gasteiger partial charge in [-0.05, 0) is 54.3 Å². The lowest BCUT2D eigenvalue weighted by atomic mass is 9.98. The van der Waals surface area contributed by atoms with E-state index in [1.807, 2.05) is 37.3 Å². The van der Waals surface area contributed by atoms with E-state index in [1.165, 1.54) is 17.2 Å². The molecule has 0 unspecified atom stereocenters. The Morgan fingerprint density at radius 3 is 2.54 bits per heavy atom. The molecule has 9 heteroatoms. The van der Waals surface area contributed by atoms with Crippen LogP contribution in [-0.2, 0) is 16.3 Å². The summed E-state index contributed by atoms with van der Waals surface area (Å²) < 4.78 is 37.1. The summed E-state index contributed by atoms with van der Waals surface area (Å²) in [6, 6.07) is 16.3. The number of nitrogens with zero attached hydrogens (tertiary/aromatic N) is 2. The monoisotopic (exact) mass is 495 g/mol. The Bertz CT molecular complexity index is 1520. The van der Waals surface area contributed by atoms with Gasteiger partial charge in [0.05, 0.1) is 42.2 Å². The summed E-state index contributed by atoms with van der Waals surface area (Å²) in [5, 5.41) is 0. The van der Waals surface area contributed by atoms with E-state index < -0.39 is 21.6 Å². The first kappa shape index (κ1) is 24.5. The lowest BCUT2D eigenvalue weighted by Gasteiger charge is -2.19. The maximum Gasteiger partial charge on any atom is 0.327 e. The molecule has 0 aliphatic heterocycles. The molecule has 1 N–H and O–H groups in total. The summed E-state index contributed by atoms with van der Waals surface area (Å²) in [6.07, 6.45) is 2.03. The fourth-order valence-electron chi connectivity index (χ4n) is 4.32. The van der Waals surface area contributed by atoms with Crippen LogP contribution in [0.1, 0.15) is 31.1 Å². The summed E-state index contributed by atoms with van der Waals surface area (Å²) in [4.78, 5) is 20.6. The van der Waals surface area contributed by atoms with Crippen LogP contribution in [0.3, 0.4) is 0 Å². The van der Waals surface area contributed by atoms with Crippen molar-refractivity contribution in [1.82, 2.24) is 14.5 Å². The van der Waals surface area contributed by atoms with Gasteiger partial charge in [0.15, 0.2) is 5.75 Å². The highest BCUT2D eigenvalue weighted by molar-refractivity contribution is 7.90. The quantitative estimate of drug-likeness (QED) is 0.377. The molecule has 0 radical (unpaired) electrons. The molecule has 0 fully saturated rings. The zero-order valence-corrected chi connectivity index (χ0v) is 21.1. The molecule has 0 amide bonds. The van der Waals surface area contributed by atoms with Crippen LogP contribution in [0.25, 0.3) is 22.2 Å². The van der Waals surface area contributed by atoms with Crippen LogP contribution in [0, 0.1) is 0 Å². The van der Waals surface area contributed by atoms with E-state index >= 15 is 0 Å². The number of pyridine rings is 1. The molecular weight excluding hydrogens is 466 g/mol. The molecule has 0 bridgehead atoms. The highest BCUT2D eigenvalue weighted by atomic mass is 32.2.